The third kappa shape index (κ3) is 2.83. The van der Waals surface area contributed by atoms with Gasteiger partial charge in [0, 0.05) is 12.4 Å². The van der Waals surface area contributed by atoms with E-state index in [0.717, 1.165) is 15.5 Å². The van der Waals surface area contributed by atoms with Crippen LogP contribution in [0.5, 0.6) is 0 Å². The zero-order valence-corrected chi connectivity index (χ0v) is 11.7. The number of hydrogen-bond donors (Lipinski definition) is 0. The second-order valence-electron chi connectivity index (χ2n) is 4.04. The van der Waals surface area contributed by atoms with Gasteiger partial charge in [0.2, 0.25) is 0 Å². The molecule has 0 aliphatic heterocycles. The SMILES string of the molecule is O=S(Cc1ccc(-n2cccn2)cc1)c1cccs1. The standard InChI is InChI=1S/C14H12N2OS2/c17-19(14-3-1-10-18-14)11-12-4-6-13(7-5-12)16-9-2-8-15-16/h1-10H,11H2. The minimum Gasteiger partial charge on any atom is -0.253 e. The van der Waals surface area contributed by atoms with Gasteiger partial charge in [0.05, 0.1) is 26.4 Å². The van der Waals surface area contributed by atoms with Crippen molar-refractivity contribution in [2.24, 2.45) is 0 Å². The van der Waals surface area contributed by atoms with Gasteiger partial charge < -0.3 is 0 Å². The molecule has 5 heteroatoms. The molecular formula is C14H12N2OS2. The number of hydrogen-bond acceptors (Lipinski definition) is 3. The fourth-order valence-corrected chi connectivity index (χ4v) is 3.87. The Labute approximate surface area is 118 Å². The van der Waals surface area contributed by atoms with Gasteiger partial charge in [0.25, 0.3) is 0 Å². The van der Waals surface area contributed by atoms with E-state index in [4.69, 9.17) is 0 Å². The maximum atomic E-state index is 12.1. The van der Waals surface area contributed by atoms with Crippen molar-refractivity contribution < 1.29 is 4.21 Å². The molecule has 0 saturated heterocycles. The quantitative estimate of drug-likeness (QED) is 0.738. The van der Waals surface area contributed by atoms with Gasteiger partial charge in [-0.1, -0.05) is 18.2 Å². The lowest BCUT2D eigenvalue weighted by Gasteiger charge is -2.04. The van der Waals surface area contributed by atoms with Gasteiger partial charge in [0.1, 0.15) is 0 Å². The summed E-state index contributed by atoms with van der Waals surface area (Å²) in [4.78, 5) is 0. The smallest absolute Gasteiger partial charge is 0.0913 e. The van der Waals surface area contributed by atoms with E-state index < -0.39 is 10.8 Å². The van der Waals surface area contributed by atoms with Crippen molar-refractivity contribution in [2.45, 2.75) is 9.96 Å². The van der Waals surface area contributed by atoms with Crippen LogP contribution in [0.2, 0.25) is 0 Å². The first-order valence-corrected chi connectivity index (χ1v) is 8.03. The molecule has 3 rings (SSSR count). The Hall–Kier alpha value is -1.72. The van der Waals surface area contributed by atoms with Gasteiger partial charge in [-0.25, -0.2) is 4.68 Å². The Morgan fingerprint density at radius 2 is 2.00 bits per heavy atom. The molecule has 96 valence electrons. The van der Waals surface area contributed by atoms with Crippen LogP contribution in [0.15, 0.2) is 64.4 Å². The molecule has 0 amide bonds. The monoisotopic (exact) mass is 288 g/mol. The van der Waals surface area contributed by atoms with E-state index >= 15 is 0 Å². The van der Waals surface area contributed by atoms with Crippen molar-refractivity contribution in [1.82, 2.24) is 9.78 Å². The van der Waals surface area contributed by atoms with Crippen LogP contribution in [0.3, 0.4) is 0 Å². The molecule has 0 radical (unpaired) electrons. The highest BCUT2D eigenvalue weighted by atomic mass is 32.2. The Balaban J connectivity index is 1.75. The first-order valence-electron chi connectivity index (χ1n) is 5.84. The summed E-state index contributed by atoms with van der Waals surface area (Å²) in [5.41, 5.74) is 2.08. The van der Waals surface area contributed by atoms with Crippen molar-refractivity contribution in [3.05, 3.63) is 65.8 Å². The molecule has 0 spiro atoms. The molecule has 0 aliphatic rings. The molecule has 0 bridgehead atoms. The average molecular weight is 288 g/mol. The predicted molar refractivity (Wildman–Crippen MR) is 78.0 cm³/mol. The lowest BCUT2D eigenvalue weighted by Crippen LogP contribution is -1.97. The zero-order valence-electron chi connectivity index (χ0n) is 10.1. The highest BCUT2D eigenvalue weighted by molar-refractivity contribution is 7.86. The van der Waals surface area contributed by atoms with E-state index in [2.05, 4.69) is 5.10 Å². The molecule has 2 heterocycles. The van der Waals surface area contributed by atoms with Gasteiger partial charge in [-0.2, -0.15) is 5.10 Å². The van der Waals surface area contributed by atoms with Crippen LogP contribution in [0.25, 0.3) is 5.69 Å². The van der Waals surface area contributed by atoms with Crippen LogP contribution >= 0.6 is 11.3 Å². The molecule has 0 aliphatic carbocycles. The van der Waals surface area contributed by atoms with E-state index in [1.807, 2.05) is 54.0 Å². The maximum absolute atomic E-state index is 12.1. The third-order valence-corrected chi connectivity index (χ3v) is 5.41. The molecule has 1 atom stereocenters. The molecule has 3 aromatic rings. The third-order valence-electron chi connectivity index (χ3n) is 2.72. The Morgan fingerprint density at radius 3 is 2.63 bits per heavy atom. The molecule has 19 heavy (non-hydrogen) atoms. The second kappa shape index (κ2) is 5.50. The number of thiophene rings is 1. The second-order valence-corrected chi connectivity index (χ2v) is 6.66. The zero-order chi connectivity index (χ0) is 13.1. The minimum absolute atomic E-state index is 0.555. The Morgan fingerprint density at radius 1 is 1.16 bits per heavy atom. The van der Waals surface area contributed by atoms with Gasteiger partial charge >= 0.3 is 0 Å². The molecule has 2 aromatic heterocycles. The Kier molecular flexibility index (Phi) is 3.57. The van der Waals surface area contributed by atoms with E-state index in [-0.39, 0.29) is 0 Å². The van der Waals surface area contributed by atoms with Crippen LogP contribution in [-0.4, -0.2) is 14.0 Å². The fraction of sp³-hybridized carbons (Fsp3) is 0.0714. The molecule has 0 N–H and O–H groups in total. The molecule has 3 nitrogen and oxygen atoms in total. The summed E-state index contributed by atoms with van der Waals surface area (Å²) in [6.45, 7) is 0. The first kappa shape index (κ1) is 12.3. The van der Waals surface area contributed by atoms with E-state index in [9.17, 15) is 4.21 Å². The molecule has 1 unspecified atom stereocenters. The number of nitrogens with zero attached hydrogens (tertiary/aromatic N) is 2. The van der Waals surface area contributed by atoms with Gasteiger partial charge in [-0.05, 0) is 35.2 Å². The summed E-state index contributed by atoms with van der Waals surface area (Å²) < 4.78 is 14.8. The summed E-state index contributed by atoms with van der Waals surface area (Å²) >= 11 is 1.54. The number of rotatable bonds is 4. The summed E-state index contributed by atoms with van der Waals surface area (Å²) in [5, 5.41) is 6.13. The maximum Gasteiger partial charge on any atom is 0.0913 e. The topological polar surface area (TPSA) is 34.9 Å². The van der Waals surface area contributed by atoms with Crippen LogP contribution in [0.4, 0.5) is 0 Å². The number of benzene rings is 1. The Bertz CT molecular complexity index is 658. The fourth-order valence-electron chi connectivity index (χ4n) is 1.78. The summed E-state index contributed by atoms with van der Waals surface area (Å²) in [5.74, 6) is 0.555. The van der Waals surface area contributed by atoms with Crippen molar-refractivity contribution >= 4 is 22.1 Å². The summed E-state index contributed by atoms with van der Waals surface area (Å²) in [6.07, 6.45) is 3.65. The van der Waals surface area contributed by atoms with Gasteiger partial charge in [-0.15, -0.1) is 11.3 Å². The van der Waals surface area contributed by atoms with Crippen LogP contribution in [0, 0.1) is 0 Å². The van der Waals surface area contributed by atoms with Crippen molar-refractivity contribution in [3.63, 3.8) is 0 Å². The van der Waals surface area contributed by atoms with Crippen molar-refractivity contribution in [3.8, 4) is 5.69 Å². The lowest BCUT2D eigenvalue weighted by molar-refractivity contribution is 0.684. The number of aromatic nitrogens is 2. The minimum atomic E-state index is -0.951. The average Bonchev–Trinajstić information content (AvgIpc) is 3.13. The molecule has 0 fully saturated rings. The van der Waals surface area contributed by atoms with E-state index in [1.165, 1.54) is 11.3 Å². The summed E-state index contributed by atoms with van der Waals surface area (Å²) in [6, 6.07) is 13.7. The van der Waals surface area contributed by atoms with Crippen molar-refractivity contribution in [2.75, 3.05) is 0 Å². The van der Waals surface area contributed by atoms with Crippen molar-refractivity contribution in [1.29, 1.82) is 0 Å². The highest BCUT2D eigenvalue weighted by Gasteiger charge is 2.06. The van der Waals surface area contributed by atoms with E-state index in [1.54, 1.807) is 10.9 Å². The van der Waals surface area contributed by atoms with Gasteiger partial charge in [-0.3, -0.25) is 4.21 Å². The largest absolute Gasteiger partial charge is 0.253 e. The molecule has 0 saturated carbocycles. The summed E-state index contributed by atoms with van der Waals surface area (Å²) in [7, 11) is -0.951. The van der Waals surface area contributed by atoms with Gasteiger partial charge in [0.15, 0.2) is 0 Å². The highest BCUT2D eigenvalue weighted by Crippen LogP contribution is 2.18. The van der Waals surface area contributed by atoms with E-state index in [0.29, 0.717) is 5.75 Å². The van der Waals surface area contributed by atoms with Crippen LogP contribution < -0.4 is 0 Å². The van der Waals surface area contributed by atoms with Crippen LogP contribution in [-0.2, 0) is 16.6 Å². The first-order chi connectivity index (χ1) is 9.33. The molecular weight excluding hydrogens is 276 g/mol. The molecule has 1 aromatic carbocycles. The lowest BCUT2D eigenvalue weighted by atomic mass is 10.2. The van der Waals surface area contributed by atoms with Crippen LogP contribution in [0.1, 0.15) is 5.56 Å². The normalized spacial score (nSPS) is 12.4. The predicted octanol–water partition coefficient (Wildman–Crippen LogP) is 3.24.